The molecule has 5 rings (SSSR count). The van der Waals surface area contributed by atoms with Crippen LogP contribution in [0.5, 0.6) is 0 Å². The third kappa shape index (κ3) is 2.23. The molecule has 4 heteroatoms. The van der Waals surface area contributed by atoms with E-state index in [0.717, 1.165) is 16.7 Å². The molecule has 1 unspecified atom stereocenters. The molecule has 0 N–H and O–H groups in total. The number of hydrogen-bond donors (Lipinski definition) is 0. The van der Waals surface area contributed by atoms with E-state index in [1.807, 2.05) is 18.2 Å². The van der Waals surface area contributed by atoms with E-state index in [9.17, 15) is 0 Å². The molecule has 0 aliphatic carbocycles. The van der Waals surface area contributed by atoms with Crippen molar-refractivity contribution in [1.29, 1.82) is 0 Å². The molecule has 1 aromatic heterocycles. The molecule has 2 bridgehead atoms. The number of halogens is 1. The molecular weight excluding hydrogens is 284 g/mol. The normalized spacial score (nSPS) is 38.7. The maximum absolute atomic E-state index is 6.24. The number of furan rings is 1. The van der Waals surface area contributed by atoms with E-state index in [4.69, 9.17) is 16.0 Å². The standard InChI is InChI=1S/C17H21ClN2O/c1-12-17(13-4-7-19(12)8-5-13)20-9-6-14(18)11-15(20)16-3-2-10-21-16/h2-3,6,9-13,15,17H,4-5,7-8H2,1H3/t12-,15?,17-/m0/s1. The average Bonchev–Trinajstić information content (AvgIpc) is 3.03. The first-order chi connectivity index (χ1) is 10.2. The van der Waals surface area contributed by atoms with Gasteiger partial charge in [0.2, 0.25) is 0 Å². The highest BCUT2D eigenvalue weighted by atomic mass is 35.5. The average molecular weight is 305 g/mol. The summed E-state index contributed by atoms with van der Waals surface area (Å²) >= 11 is 6.24. The molecule has 3 saturated heterocycles. The van der Waals surface area contributed by atoms with Gasteiger partial charge < -0.3 is 9.32 Å². The van der Waals surface area contributed by atoms with Crippen LogP contribution in [0, 0.1) is 5.92 Å². The molecule has 4 aliphatic heterocycles. The van der Waals surface area contributed by atoms with Crippen LogP contribution in [0.2, 0.25) is 0 Å². The van der Waals surface area contributed by atoms with Crippen molar-refractivity contribution in [1.82, 2.24) is 9.80 Å². The van der Waals surface area contributed by atoms with Crippen molar-refractivity contribution in [3.05, 3.63) is 47.5 Å². The second-order valence-corrected chi connectivity index (χ2v) is 6.82. The molecule has 0 amide bonds. The van der Waals surface area contributed by atoms with E-state index in [2.05, 4.69) is 29.0 Å². The van der Waals surface area contributed by atoms with E-state index in [0.29, 0.717) is 12.1 Å². The Morgan fingerprint density at radius 3 is 2.76 bits per heavy atom. The van der Waals surface area contributed by atoms with E-state index < -0.39 is 0 Å². The van der Waals surface area contributed by atoms with Gasteiger partial charge in [-0.2, -0.15) is 0 Å². The Balaban J connectivity index is 1.68. The summed E-state index contributed by atoms with van der Waals surface area (Å²) in [5.74, 6) is 1.75. The summed E-state index contributed by atoms with van der Waals surface area (Å²) in [6, 6.07) is 5.24. The quantitative estimate of drug-likeness (QED) is 0.829. The van der Waals surface area contributed by atoms with Gasteiger partial charge in [0.05, 0.1) is 6.26 Å². The van der Waals surface area contributed by atoms with Gasteiger partial charge in [-0.15, -0.1) is 0 Å². The number of piperidine rings is 3. The zero-order chi connectivity index (χ0) is 14.4. The van der Waals surface area contributed by atoms with Crippen LogP contribution in [0.1, 0.15) is 31.6 Å². The summed E-state index contributed by atoms with van der Waals surface area (Å²) in [5, 5.41) is 0.793. The van der Waals surface area contributed by atoms with Crippen LogP contribution in [0.15, 0.2) is 46.2 Å². The van der Waals surface area contributed by atoms with Gasteiger partial charge in [-0.1, -0.05) is 11.6 Å². The summed E-state index contributed by atoms with van der Waals surface area (Å²) in [4.78, 5) is 5.09. The van der Waals surface area contributed by atoms with Crippen LogP contribution < -0.4 is 0 Å². The molecule has 112 valence electrons. The second-order valence-electron chi connectivity index (χ2n) is 6.38. The SMILES string of the molecule is C[C@H]1[C@H](N2C=CC(Cl)=CC2c2ccco2)C2CCN1CC2. The lowest BCUT2D eigenvalue weighted by atomic mass is 9.77. The van der Waals surface area contributed by atoms with Crippen LogP contribution in [0.25, 0.3) is 0 Å². The Labute approximate surface area is 130 Å². The van der Waals surface area contributed by atoms with E-state index in [-0.39, 0.29) is 6.04 Å². The molecule has 3 atom stereocenters. The van der Waals surface area contributed by atoms with Crippen LogP contribution in [-0.2, 0) is 0 Å². The summed E-state index contributed by atoms with van der Waals surface area (Å²) < 4.78 is 5.67. The number of nitrogens with zero attached hydrogens (tertiary/aromatic N) is 2. The van der Waals surface area contributed by atoms with Crippen LogP contribution in [0.4, 0.5) is 0 Å². The third-order valence-electron chi connectivity index (χ3n) is 5.35. The van der Waals surface area contributed by atoms with Crippen molar-refractivity contribution >= 4 is 11.6 Å². The number of allylic oxidation sites excluding steroid dienone is 2. The molecule has 5 heterocycles. The minimum absolute atomic E-state index is 0.116. The Bertz CT molecular complexity index is 555. The molecule has 0 saturated carbocycles. The molecule has 21 heavy (non-hydrogen) atoms. The van der Waals surface area contributed by atoms with Gasteiger partial charge in [-0.25, -0.2) is 0 Å². The predicted octanol–water partition coefficient (Wildman–Crippen LogP) is 3.76. The van der Waals surface area contributed by atoms with Gasteiger partial charge in [0.15, 0.2) is 0 Å². The fourth-order valence-corrected chi connectivity index (χ4v) is 4.46. The Kier molecular flexibility index (Phi) is 3.35. The lowest BCUT2D eigenvalue weighted by molar-refractivity contribution is -0.0305. The Hall–Kier alpha value is -1.19. The minimum atomic E-state index is 0.116. The van der Waals surface area contributed by atoms with Crippen LogP contribution >= 0.6 is 11.6 Å². The molecule has 3 nitrogen and oxygen atoms in total. The highest BCUT2D eigenvalue weighted by Gasteiger charge is 2.44. The minimum Gasteiger partial charge on any atom is -0.467 e. The Morgan fingerprint density at radius 2 is 2.10 bits per heavy atom. The Morgan fingerprint density at radius 1 is 1.29 bits per heavy atom. The monoisotopic (exact) mass is 304 g/mol. The molecule has 0 radical (unpaired) electrons. The number of rotatable bonds is 2. The van der Waals surface area contributed by atoms with Crippen molar-refractivity contribution < 1.29 is 4.42 Å². The second kappa shape index (κ2) is 5.22. The molecule has 3 fully saturated rings. The molecule has 0 aromatic carbocycles. The van der Waals surface area contributed by atoms with Crippen LogP contribution in [-0.4, -0.2) is 35.0 Å². The third-order valence-corrected chi connectivity index (χ3v) is 5.60. The van der Waals surface area contributed by atoms with Gasteiger partial charge in [0, 0.05) is 23.3 Å². The lowest BCUT2D eigenvalue weighted by Crippen LogP contribution is -2.61. The number of fused-ring (bicyclic) bond motifs is 3. The van der Waals surface area contributed by atoms with E-state index in [1.165, 1.54) is 25.9 Å². The molecule has 1 aromatic rings. The smallest absolute Gasteiger partial charge is 0.130 e. The highest BCUT2D eigenvalue weighted by Crippen LogP contribution is 2.41. The first kappa shape index (κ1) is 13.5. The molecular formula is C17H21ClN2O. The van der Waals surface area contributed by atoms with Crippen molar-refractivity contribution in [2.75, 3.05) is 13.1 Å². The zero-order valence-electron chi connectivity index (χ0n) is 12.3. The summed E-state index contributed by atoms with van der Waals surface area (Å²) in [7, 11) is 0. The maximum atomic E-state index is 6.24. The van der Waals surface area contributed by atoms with Crippen molar-refractivity contribution in [3.63, 3.8) is 0 Å². The molecule has 0 spiro atoms. The van der Waals surface area contributed by atoms with E-state index >= 15 is 0 Å². The first-order valence-electron chi connectivity index (χ1n) is 7.84. The van der Waals surface area contributed by atoms with E-state index in [1.54, 1.807) is 6.26 Å². The van der Waals surface area contributed by atoms with Crippen LogP contribution in [0.3, 0.4) is 0 Å². The van der Waals surface area contributed by atoms with Gasteiger partial charge >= 0.3 is 0 Å². The van der Waals surface area contributed by atoms with Gasteiger partial charge in [-0.3, -0.25) is 4.90 Å². The fraction of sp³-hybridized carbons (Fsp3) is 0.529. The lowest BCUT2D eigenvalue weighted by Gasteiger charge is -2.54. The fourth-order valence-electron chi connectivity index (χ4n) is 4.29. The first-order valence-corrected chi connectivity index (χ1v) is 8.22. The highest BCUT2D eigenvalue weighted by molar-refractivity contribution is 6.31. The summed E-state index contributed by atoms with van der Waals surface area (Å²) in [6.45, 7) is 4.87. The summed E-state index contributed by atoms with van der Waals surface area (Å²) in [5.41, 5.74) is 0. The topological polar surface area (TPSA) is 19.6 Å². The molecule has 4 aliphatic rings. The van der Waals surface area contributed by atoms with Crippen molar-refractivity contribution in [3.8, 4) is 0 Å². The van der Waals surface area contributed by atoms with Gasteiger partial charge in [0.1, 0.15) is 11.8 Å². The van der Waals surface area contributed by atoms with Crippen molar-refractivity contribution in [2.45, 2.75) is 37.9 Å². The predicted molar refractivity (Wildman–Crippen MR) is 83.9 cm³/mol. The number of hydrogen-bond acceptors (Lipinski definition) is 3. The van der Waals surface area contributed by atoms with Gasteiger partial charge in [0.25, 0.3) is 0 Å². The maximum Gasteiger partial charge on any atom is 0.130 e. The summed E-state index contributed by atoms with van der Waals surface area (Å²) in [6.07, 6.45) is 10.6. The van der Waals surface area contributed by atoms with Crippen molar-refractivity contribution in [2.24, 2.45) is 5.92 Å². The zero-order valence-corrected chi connectivity index (χ0v) is 13.0. The largest absolute Gasteiger partial charge is 0.467 e. The van der Waals surface area contributed by atoms with Gasteiger partial charge in [-0.05, 0) is 63.1 Å².